The molecule has 0 radical (unpaired) electrons. The van der Waals surface area contributed by atoms with Crippen LogP contribution in [0, 0.1) is 0 Å². The lowest BCUT2D eigenvalue weighted by molar-refractivity contribution is -0.113. The lowest BCUT2D eigenvalue weighted by atomic mass is 10.2. The topological polar surface area (TPSA) is 99.0 Å². The molecule has 10 heteroatoms. The van der Waals surface area contributed by atoms with E-state index in [-0.39, 0.29) is 18.3 Å². The second-order valence-electron chi connectivity index (χ2n) is 6.41. The van der Waals surface area contributed by atoms with Crippen LogP contribution in [0.15, 0.2) is 41.6 Å². The number of nitrogens with one attached hydrogen (secondary N) is 1. The highest BCUT2D eigenvalue weighted by atomic mass is 32.2. The Morgan fingerprint density at radius 1 is 1.31 bits per heavy atom. The number of tetrazole rings is 1. The number of ether oxygens (including phenoxy) is 1. The third-order valence-corrected chi connectivity index (χ3v) is 6.31. The number of rotatable bonds is 8. The molecule has 0 atom stereocenters. The molecule has 0 bridgehead atoms. The van der Waals surface area contributed by atoms with Crippen LogP contribution in [0.3, 0.4) is 0 Å². The van der Waals surface area contributed by atoms with Gasteiger partial charge in [0.25, 0.3) is 0 Å². The fourth-order valence-electron chi connectivity index (χ4n) is 2.72. The number of thioether (sulfide) groups is 1. The molecule has 29 heavy (non-hydrogen) atoms. The number of esters is 1. The Bertz CT molecular complexity index is 1010. The van der Waals surface area contributed by atoms with Crippen LogP contribution in [0.2, 0.25) is 0 Å². The van der Waals surface area contributed by atoms with Crippen LogP contribution >= 0.6 is 23.1 Å². The number of carbonyl (C=O) groups excluding carboxylic acids is 2. The molecule has 2 heterocycles. The second kappa shape index (κ2) is 8.75. The molecular weight excluding hydrogens is 410 g/mol. The monoisotopic (exact) mass is 429 g/mol. The predicted octanol–water partition coefficient (Wildman–Crippen LogP) is 3.64. The molecule has 3 aromatic rings. The van der Waals surface area contributed by atoms with E-state index in [1.54, 1.807) is 11.6 Å². The Kier molecular flexibility index (Phi) is 5.91. The van der Waals surface area contributed by atoms with Crippen molar-refractivity contribution < 1.29 is 14.3 Å². The molecule has 1 amide bonds. The number of carbonyl (C=O) groups is 2. The fraction of sp³-hybridized carbons (Fsp3) is 0.316. The SMILES string of the molecule is CCOC(=O)c1sc(-c2ccccc2)cc1NC(=O)CSc1nnnn1C1CC1. The number of anilines is 1. The summed E-state index contributed by atoms with van der Waals surface area (Å²) in [5, 5.41) is 15.1. The molecule has 0 spiro atoms. The molecule has 1 N–H and O–H groups in total. The zero-order valence-corrected chi connectivity index (χ0v) is 17.3. The van der Waals surface area contributed by atoms with E-state index in [0.29, 0.717) is 21.8 Å². The molecule has 0 unspecified atom stereocenters. The maximum Gasteiger partial charge on any atom is 0.350 e. The quantitative estimate of drug-likeness (QED) is 0.431. The Labute approximate surface area is 175 Å². The summed E-state index contributed by atoms with van der Waals surface area (Å²) in [6, 6.07) is 11.9. The first-order valence-electron chi connectivity index (χ1n) is 9.22. The van der Waals surface area contributed by atoms with E-state index in [1.165, 1.54) is 23.1 Å². The summed E-state index contributed by atoms with van der Waals surface area (Å²) in [5.41, 5.74) is 1.43. The highest BCUT2D eigenvalue weighted by molar-refractivity contribution is 7.99. The third-order valence-electron chi connectivity index (χ3n) is 4.21. The van der Waals surface area contributed by atoms with Crippen molar-refractivity contribution in [1.29, 1.82) is 0 Å². The highest BCUT2D eigenvalue weighted by Crippen LogP contribution is 2.37. The van der Waals surface area contributed by atoms with Gasteiger partial charge in [0, 0.05) is 4.88 Å². The molecule has 8 nitrogen and oxygen atoms in total. The zero-order valence-electron chi connectivity index (χ0n) is 15.7. The van der Waals surface area contributed by atoms with E-state index in [9.17, 15) is 9.59 Å². The second-order valence-corrected chi connectivity index (χ2v) is 8.41. The summed E-state index contributed by atoms with van der Waals surface area (Å²) in [6.45, 7) is 2.02. The van der Waals surface area contributed by atoms with E-state index in [2.05, 4.69) is 20.8 Å². The molecule has 4 rings (SSSR count). The zero-order chi connectivity index (χ0) is 20.2. The first kappa shape index (κ1) is 19.6. The molecule has 1 aliphatic rings. The van der Waals surface area contributed by atoms with Crippen molar-refractivity contribution in [2.45, 2.75) is 31.0 Å². The lowest BCUT2D eigenvalue weighted by Crippen LogP contribution is -2.16. The Morgan fingerprint density at radius 3 is 2.83 bits per heavy atom. The van der Waals surface area contributed by atoms with Crippen LogP contribution in [-0.4, -0.2) is 44.4 Å². The average Bonchev–Trinajstić information content (AvgIpc) is 3.31. The Balaban J connectivity index is 1.48. The van der Waals surface area contributed by atoms with Crippen molar-refractivity contribution in [3.8, 4) is 10.4 Å². The number of thiophene rings is 1. The van der Waals surface area contributed by atoms with Gasteiger partial charge in [-0.25, -0.2) is 9.48 Å². The smallest absolute Gasteiger partial charge is 0.350 e. The minimum absolute atomic E-state index is 0.145. The van der Waals surface area contributed by atoms with Gasteiger partial charge in [0.05, 0.1) is 24.1 Å². The number of hydrogen-bond donors (Lipinski definition) is 1. The van der Waals surface area contributed by atoms with Crippen LogP contribution in [0.4, 0.5) is 5.69 Å². The van der Waals surface area contributed by atoms with Gasteiger partial charge in [-0.15, -0.1) is 16.4 Å². The molecule has 1 aromatic carbocycles. The first-order chi connectivity index (χ1) is 14.2. The van der Waals surface area contributed by atoms with E-state index < -0.39 is 5.97 Å². The van der Waals surface area contributed by atoms with Gasteiger partial charge in [0.1, 0.15) is 4.88 Å². The standard InChI is InChI=1S/C19H19N5O3S2/c1-2-27-18(26)17-14(10-15(29-17)12-6-4-3-5-7-12)20-16(25)11-28-19-21-22-23-24(19)13-8-9-13/h3-7,10,13H,2,8-9,11H2,1H3,(H,20,25). The Morgan fingerprint density at radius 2 is 2.10 bits per heavy atom. The van der Waals surface area contributed by atoms with Crippen LogP contribution in [0.5, 0.6) is 0 Å². The normalized spacial score (nSPS) is 13.3. The third kappa shape index (κ3) is 4.65. The summed E-state index contributed by atoms with van der Waals surface area (Å²) < 4.78 is 6.92. The number of nitrogens with zero attached hydrogens (tertiary/aromatic N) is 4. The van der Waals surface area contributed by atoms with Gasteiger partial charge >= 0.3 is 5.97 Å². The summed E-state index contributed by atoms with van der Waals surface area (Å²) in [5.74, 6) is -0.532. The van der Waals surface area contributed by atoms with Gasteiger partial charge in [0.2, 0.25) is 11.1 Å². The summed E-state index contributed by atoms with van der Waals surface area (Å²) in [4.78, 5) is 26.2. The number of aromatic nitrogens is 4. The van der Waals surface area contributed by atoms with Crippen molar-refractivity contribution in [2.75, 3.05) is 17.7 Å². The first-order valence-corrected chi connectivity index (χ1v) is 11.0. The van der Waals surface area contributed by atoms with Gasteiger partial charge < -0.3 is 10.1 Å². The number of hydrogen-bond acceptors (Lipinski definition) is 8. The van der Waals surface area contributed by atoms with Crippen molar-refractivity contribution >= 4 is 40.7 Å². The molecule has 0 aliphatic heterocycles. The van der Waals surface area contributed by atoms with E-state index in [1.807, 2.05) is 36.4 Å². The minimum Gasteiger partial charge on any atom is -0.462 e. The molecular formula is C19H19N5O3S2. The maximum atomic E-state index is 12.5. The molecule has 1 saturated carbocycles. The summed E-state index contributed by atoms with van der Waals surface area (Å²) in [7, 11) is 0. The molecule has 1 aliphatic carbocycles. The van der Waals surface area contributed by atoms with Crippen LogP contribution < -0.4 is 5.32 Å². The number of amides is 1. The van der Waals surface area contributed by atoms with Crippen LogP contribution in [-0.2, 0) is 9.53 Å². The van der Waals surface area contributed by atoms with E-state index in [4.69, 9.17) is 4.74 Å². The summed E-state index contributed by atoms with van der Waals surface area (Å²) in [6.07, 6.45) is 2.12. The van der Waals surface area contributed by atoms with Crippen molar-refractivity contribution in [3.63, 3.8) is 0 Å². The van der Waals surface area contributed by atoms with Gasteiger partial charge in [-0.1, -0.05) is 42.1 Å². The van der Waals surface area contributed by atoms with Crippen molar-refractivity contribution in [2.24, 2.45) is 0 Å². The molecule has 0 saturated heterocycles. The number of benzene rings is 1. The van der Waals surface area contributed by atoms with Gasteiger partial charge in [-0.2, -0.15) is 0 Å². The average molecular weight is 430 g/mol. The highest BCUT2D eigenvalue weighted by Gasteiger charge is 2.28. The molecule has 150 valence electrons. The van der Waals surface area contributed by atoms with Gasteiger partial charge in [-0.05, 0) is 41.8 Å². The van der Waals surface area contributed by atoms with Gasteiger partial charge in [0.15, 0.2) is 0 Å². The van der Waals surface area contributed by atoms with Crippen LogP contribution in [0.25, 0.3) is 10.4 Å². The van der Waals surface area contributed by atoms with Gasteiger partial charge in [-0.3, -0.25) is 4.79 Å². The van der Waals surface area contributed by atoms with Crippen molar-refractivity contribution in [1.82, 2.24) is 20.2 Å². The van der Waals surface area contributed by atoms with Crippen molar-refractivity contribution in [3.05, 3.63) is 41.3 Å². The van der Waals surface area contributed by atoms with Crippen LogP contribution in [0.1, 0.15) is 35.5 Å². The maximum absolute atomic E-state index is 12.5. The van der Waals surface area contributed by atoms with E-state index in [0.717, 1.165) is 23.3 Å². The minimum atomic E-state index is -0.444. The molecule has 2 aromatic heterocycles. The fourth-order valence-corrected chi connectivity index (χ4v) is 4.48. The summed E-state index contributed by atoms with van der Waals surface area (Å²) >= 11 is 2.58. The molecule has 1 fully saturated rings. The largest absolute Gasteiger partial charge is 0.462 e. The predicted molar refractivity (Wildman–Crippen MR) is 111 cm³/mol. The Hall–Kier alpha value is -2.72. The lowest BCUT2D eigenvalue weighted by Gasteiger charge is -2.06. The van der Waals surface area contributed by atoms with E-state index >= 15 is 0 Å².